The maximum Gasteiger partial charge on any atom is 0.0862 e. The summed E-state index contributed by atoms with van der Waals surface area (Å²) < 4.78 is 0. The number of aliphatic hydroxyl groups excluding tert-OH is 1. The molecule has 2 N–H and O–H groups in total. The lowest BCUT2D eigenvalue weighted by atomic mass is 9.91. The van der Waals surface area contributed by atoms with Gasteiger partial charge >= 0.3 is 0 Å². The topological polar surface area (TPSA) is 32.3 Å². The number of benzene rings is 2. The fourth-order valence-corrected chi connectivity index (χ4v) is 2.97. The second kappa shape index (κ2) is 4.71. The van der Waals surface area contributed by atoms with Gasteiger partial charge in [-0.25, -0.2) is 0 Å². The first kappa shape index (κ1) is 12.2. The maximum atomic E-state index is 9.95. The van der Waals surface area contributed by atoms with Crippen molar-refractivity contribution in [3.05, 3.63) is 65.2 Å². The van der Waals surface area contributed by atoms with Crippen LogP contribution in [0.15, 0.2) is 48.5 Å². The fourth-order valence-electron chi connectivity index (χ4n) is 2.97. The molecule has 0 saturated carbocycles. The molecule has 0 fully saturated rings. The first-order chi connectivity index (χ1) is 9.23. The molecule has 98 valence electrons. The van der Waals surface area contributed by atoms with E-state index in [1.165, 1.54) is 16.7 Å². The lowest BCUT2D eigenvalue weighted by Crippen LogP contribution is -2.36. The minimum absolute atomic E-state index is 0.123. The van der Waals surface area contributed by atoms with Gasteiger partial charge in [0.25, 0.3) is 0 Å². The summed E-state index contributed by atoms with van der Waals surface area (Å²) in [6.45, 7) is 2.22. The molecule has 0 heterocycles. The quantitative estimate of drug-likeness (QED) is 0.880. The third-order valence-corrected chi connectivity index (χ3v) is 4.03. The lowest BCUT2D eigenvalue weighted by Gasteiger charge is -2.31. The summed E-state index contributed by atoms with van der Waals surface area (Å²) in [6, 6.07) is 16.7. The summed E-state index contributed by atoms with van der Waals surface area (Å²) in [4.78, 5) is 0. The molecule has 1 aliphatic rings. The zero-order chi connectivity index (χ0) is 13.3. The van der Waals surface area contributed by atoms with Crippen LogP contribution >= 0.6 is 0 Å². The van der Waals surface area contributed by atoms with Gasteiger partial charge in [-0.2, -0.15) is 0 Å². The van der Waals surface area contributed by atoms with Crippen molar-refractivity contribution in [2.75, 3.05) is 11.9 Å². The van der Waals surface area contributed by atoms with Gasteiger partial charge < -0.3 is 10.4 Å². The van der Waals surface area contributed by atoms with Crippen molar-refractivity contribution in [2.45, 2.75) is 25.3 Å². The van der Waals surface area contributed by atoms with Crippen molar-refractivity contribution >= 4 is 5.69 Å². The number of nitrogens with one attached hydrogen (secondary N) is 1. The van der Waals surface area contributed by atoms with E-state index < -0.39 is 0 Å². The molecule has 0 amide bonds. The SMILES string of the molecule is Cc1ccc2c(c1)C(CO)(Nc1ccccc1)CC2. The third kappa shape index (κ3) is 2.13. The van der Waals surface area contributed by atoms with Crippen molar-refractivity contribution < 1.29 is 5.11 Å². The second-order valence-electron chi connectivity index (χ2n) is 5.39. The van der Waals surface area contributed by atoms with Crippen molar-refractivity contribution in [1.82, 2.24) is 0 Å². The Balaban J connectivity index is 2.00. The maximum absolute atomic E-state index is 9.95. The van der Waals surface area contributed by atoms with Crippen molar-refractivity contribution in [3.8, 4) is 0 Å². The van der Waals surface area contributed by atoms with Crippen LogP contribution in [0.5, 0.6) is 0 Å². The molecule has 2 aromatic carbocycles. The van der Waals surface area contributed by atoms with Crippen LogP contribution in [-0.2, 0) is 12.0 Å². The summed E-state index contributed by atoms with van der Waals surface area (Å²) in [5.74, 6) is 0. The molecule has 1 aliphatic carbocycles. The number of hydrogen-bond acceptors (Lipinski definition) is 2. The number of aliphatic hydroxyl groups is 1. The molecule has 2 aromatic rings. The Morgan fingerprint density at radius 3 is 2.68 bits per heavy atom. The summed E-state index contributed by atoms with van der Waals surface area (Å²) in [6.07, 6.45) is 1.97. The third-order valence-electron chi connectivity index (χ3n) is 4.03. The van der Waals surface area contributed by atoms with E-state index in [9.17, 15) is 5.11 Å². The van der Waals surface area contributed by atoms with Gasteiger partial charge in [-0.1, -0.05) is 42.0 Å². The van der Waals surface area contributed by atoms with Crippen LogP contribution in [-0.4, -0.2) is 11.7 Å². The summed E-state index contributed by atoms with van der Waals surface area (Å²) in [7, 11) is 0. The minimum atomic E-state index is -0.331. The Kier molecular flexibility index (Phi) is 3.03. The van der Waals surface area contributed by atoms with Crippen LogP contribution in [0.2, 0.25) is 0 Å². The highest BCUT2D eigenvalue weighted by Gasteiger charge is 2.38. The van der Waals surface area contributed by atoms with Gasteiger partial charge in [0.15, 0.2) is 0 Å². The Labute approximate surface area is 114 Å². The molecular formula is C17H19NO. The van der Waals surface area contributed by atoms with Gasteiger partial charge in [0, 0.05) is 5.69 Å². The molecule has 2 nitrogen and oxygen atoms in total. The second-order valence-corrected chi connectivity index (χ2v) is 5.39. The summed E-state index contributed by atoms with van der Waals surface area (Å²) in [5.41, 5.74) is 4.57. The van der Waals surface area contributed by atoms with E-state index in [2.05, 4.69) is 30.4 Å². The van der Waals surface area contributed by atoms with Gasteiger partial charge in [0.1, 0.15) is 0 Å². The fraction of sp³-hybridized carbons (Fsp3) is 0.294. The first-order valence-electron chi connectivity index (χ1n) is 6.78. The van der Waals surface area contributed by atoms with E-state index >= 15 is 0 Å². The predicted octanol–water partition coefficient (Wildman–Crippen LogP) is 3.24. The Hall–Kier alpha value is -1.80. The van der Waals surface area contributed by atoms with Gasteiger partial charge in [-0.15, -0.1) is 0 Å². The molecule has 0 bridgehead atoms. The van der Waals surface area contributed by atoms with E-state index in [-0.39, 0.29) is 12.1 Å². The van der Waals surface area contributed by atoms with Crippen LogP contribution in [0.3, 0.4) is 0 Å². The zero-order valence-corrected chi connectivity index (χ0v) is 11.2. The molecule has 0 aromatic heterocycles. The summed E-state index contributed by atoms with van der Waals surface area (Å²) >= 11 is 0. The smallest absolute Gasteiger partial charge is 0.0862 e. The molecule has 0 radical (unpaired) electrons. The molecule has 1 atom stereocenters. The van der Waals surface area contributed by atoms with Crippen molar-refractivity contribution in [3.63, 3.8) is 0 Å². The highest BCUT2D eigenvalue weighted by molar-refractivity contribution is 5.52. The van der Waals surface area contributed by atoms with Gasteiger partial charge in [-0.05, 0) is 43.0 Å². The molecule has 2 heteroatoms. The van der Waals surface area contributed by atoms with Crippen molar-refractivity contribution in [1.29, 1.82) is 0 Å². The van der Waals surface area contributed by atoms with E-state index in [4.69, 9.17) is 0 Å². The average Bonchev–Trinajstić information content (AvgIpc) is 2.79. The first-order valence-corrected chi connectivity index (χ1v) is 6.78. The van der Waals surface area contributed by atoms with Crippen LogP contribution in [0.1, 0.15) is 23.1 Å². The number of rotatable bonds is 3. The van der Waals surface area contributed by atoms with Gasteiger partial charge in [0.05, 0.1) is 12.1 Å². The molecule has 0 saturated heterocycles. The Morgan fingerprint density at radius 2 is 1.95 bits per heavy atom. The standard InChI is InChI=1S/C17H19NO/c1-13-7-8-14-9-10-17(12-19,16(14)11-13)18-15-5-3-2-4-6-15/h2-8,11,18-19H,9-10,12H2,1H3. The highest BCUT2D eigenvalue weighted by atomic mass is 16.3. The van der Waals surface area contributed by atoms with Crippen LogP contribution < -0.4 is 5.32 Å². The average molecular weight is 253 g/mol. The molecule has 0 aliphatic heterocycles. The number of para-hydroxylation sites is 1. The minimum Gasteiger partial charge on any atom is -0.394 e. The number of anilines is 1. The zero-order valence-electron chi connectivity index (χ0n) is 11.2. The molecular weight excluding hydrogens is 234 g/mol. The molecule has 1 unspecified atom stereocenters. The van der Waals surface area contributed by atoms with E-state index in [1.54, 1.807) is 0 Å². The summed E-state index contributed by atoms with van der Waals surface area (Å²) in [5, 5.41) is 13.5. The van der Waals surface area contributed by atoms with Gasteiger partial charge in [0.2, 0.25) is 0 Å². The van der Waals surface area contributed by atoms with Crippen LogP contribution in [0, 0.1) is 6.92 Å². The lowest BCUT2D eigenvalue weighted by molar-refractivity contribution is 0.211. The number of fused-ring (bicyclic) bond motifs is 1. The molecule has 19 heavy (non-hydrogen) atoms. The van der Waals surface area contributed by atoms with E-state index in [0.717, 1.165) is 18.5 Å². The van der Waals surface area contributed by atoms with E-state index in [1.807, 2.05) is 30.3 Å². The molecule has 0 spiro atoms. The number of hydrogen-bond donors (Lipinski definition) is 2. The monoisotopic (exact) mass is 253 g/mol. The predicted molar refractivity (Wildman–Crippen MR) is 78.3 cm³/mol. The largest absolute Gasteiger partial charge is 0.394 e. The van der Waals surface area contributed by atoms with Gasteiger partial charge in [-0.3, -0.25) is 0 Å². The Morgan fingerprint density at radius 1 is 1.16 bits per heavy atom. The van der Waals surface area contributed by atoms with E-state index in [0.29, 0.717) is 0 Å². The van der Waals surface area contributed by atoms with Crippen molar-refractivity contribution in [2.24, 2.45) is 0 Å². The number of aryl methyl sites for hydroxylation is 2. The van der Waals surface area contributed by atoms with Crippen LogP contribution in [0.4, 0.5) is 5.69 Å². The Bertz CT molecular complexity index is 579. The normalized spacial score (nSPS) is 21.2. The molecule has 3 rings (SSSR count). The van der Waals surface area contributed by atoms with Crippen LogP contribution in [0.25, 0.3) is 0 Å². The highest BCUT2D eigenvalue weighted by Crippen LogP contribution is 2.39.